The van der Waals surface area contributed by atoms with Crippen molar-refractivity contribution in [1.82, 2.24) is 14.5 Å². The van der Waals surface area contributed by atoms with Gasteiger partial charge in [-0.15, -0.1) is 0 Å². The van der Waals surface area contributed by atoms with Crippen LogP contribution in [0.25, 0.3) is 11.0 Å². The number of benzene rings is 2. The van der Waals surface area contributed by atoms with Crippen LogP contribution in [0, 0.1) is 6.92 Å². The number of piperidine rings is 1. The molecule has 29 heavy (non-hydrogen) atoms. The molecule has 0 amide bonds. The van der Waals surface area contributed by atoms with E-state index in [1.807, 2.05) is 0 Å². The second-order valence-corrected chi connectivity index (χ2v) is 8.57. The van der Waals surface area contributed by atoms with Crippen LogP contribution in [0.5, 0.6) is 0 Å². The zero-order valence-electron chi connectivity index (χ0n) is 18.0. The van der Waals surface area contributed by atoms with E-state index >= 15 is 0 Å². The minimum absolute atomic E-state index is 0.262. The largest absolute Gasteiger partial charge is 0.377 e. The molecule has 0 saturated carbocycles. The van der Waals surface area contributed by atoms with E-state index in [9.17, 15) is 0 Å². The minimum atomic E-state index is 0.262. The van der Waals surface area contributed by atoms with Crippen molar-refractivity contribution in [3.63, 3.8) is 0 Å². The summed E-state index contributed by atoms with van der Waals surface area (Å²) in [6, 6.07) is 17.5. The van der Waals surface area contributed by atoms with Gasteiger partial charge >= 0.3 is 0 Å². The molecule has 2 heterocycles. The lowest BCUT2D eigenvalue weighted by molar-refractivity contribution is 0.0724. The molecule has 1 aliphatic rings. The number of hydrogen-bond donors (Lipinski definition) is 0. The molecule has 1 saturated heterocycles. The SMILES string of the molecule is Cc1ccc(CN2CCC(c3nc4ccccc4n3CCOC(C)C)CC2)cc1. The Balaban J connectivity index is 1.45. The van der Waals surface area contributed by atoms with Crippen LogP contribution in [0.2, 0.25) is 0 Å². The number of rotatable bonds is 7. The lowest BCUT2D eigenvalue weighted by atomic mass is 9.95. The van der Waals surface area contributed by atoms with E-state index in [4.69, 9.17) is 9.72 Å². The van der Waals surface area contributed by atoms with Crippen molar-refractivity contribution in [2.45, 2.75) is 58.7 Å². The Morgan fingerprint density at radius 1 is 1.03 bits per heavy atom. The highest BCUT2D eigenvalue weighted by Gasteiger charge is 2.25. The first-order valence-electron chi connectivity index (χ1n) is 10.9. The van der Waals surface area contributed by atoms with Crippen molar-refractivity contribution >= 4 is 11.0 Å². The topological polar surface area (TPSA) is 30.3 Å². The third kappa shape index (κ3) is 4.88. The van der Waals surface area contributed by atoms with Gasteiger partial charge < -0.3 is 9.30 Å². The number of imidazole rings is 1. The number of nitrogens with zero attached hydrogens (tertiary/aromatic N) is 3. The highest BCUT2D eigenvalue weighted by molar-refractivity contribution is 5.76. The maximum atomic E-state index is 5.84. The van der Waals surface area contributed by atoms with Gasteiger partial charge in [0.15, 0.2) is 0 Å². The van der Waals surface area contributed by atoms with Gasteiger partial charge in [-0.25, -0.2) is 4.98 Å². The van der Waals surface area contributed by atoms with E-state index < -0.39 is 0 Å². The van der Waals surface area contributed by atoms with Gasteiger partial charge in [-0.05, 0) is 64.4 Å². The number of fused-ring (bicyclic) bond motifs is 1. The summed E-state index contributed by atoms with van der Waals surface area (Å²) in [5.41, 5.74) is 5.08. The van der Waals surface area contributed by atoms with Crippen LogP contribution < -0.4 is 0 Å². The van der Waals surface area contributed by atoms with Crippen LogP contribution in [-0.2, 0) is 17.8 Å². The molecule has 2 aromatic carbocycles. The van der Waals surface area contributed by atoms with E-state index in [0.29, 0.717) is 5.92 Å². The molecular formula is C25H33N3O. The lowest BCUT2D eigenvalue weighted by Crippen LogP contribution is -2.33. The van der Waals surface area contributed by atoms with Crippen molar-refractivity contribution in [3.05, 3.63) is 65.5 Å². The monoisotopic (exact) mass is 391 g/mol. The van der Waals surface area contributed by atoms with Gasteiger partial charge in [-0.1, -0.05) is 42.0 Å². The van der Waals surface area contributed by atoms with Crippen LogP contribution in [-0.4, -0.2) is 40.3 Å². The fraction of sp³-hybridized carbons (Fsp3) is 0.480. The molecule has 154 valence electrons. The third-order valence-electron chi connectivity index (χ3n) is 5.93. The summed E-state index contributed by atoms with van der Waals surface area (Å²) < 4.78 is 8.24. The normalized spacial score (nSPS) is 16.1. The van der Waals surface area contributed by atoms with Crippen LogP contribution in [0.4, 0.5) is 0 Å². The molecule has 0 bridgehead atoms. The second kappa shape index (κ2) is 9.10. The standard InChI is InChI=1S/C25H33N3O/c1-19(2)29-17-16-28-24-7-5-4-6-23(24)26-25(28)22-12-14-27(15-13-22)18-21-10-8-20(3)9-11-21/h4-11,19,22H,12-18H2,1-3H3. The number of aromatic nitrogens is 2. The van der Waals surface area contributed by atoms with Crippen molar-refractivity contribution < 1.29 is 4.74 Å². The lowest BCUT2D eigenvalue weighted by Gasteiger charge is -2.32. The minimum Gasteiger partial charge on any atom is -0.377 e. The highest BCUT2D eigenvalue weighted by atomic mass is 16.5. The summed E-state index contributed by atoms with van der Waals surface area (Å²) in [6.07, 6.45) is 2.60. The summed E-state index contributed by atoms with van der Waals surface area (Å²) in [4.78, 5) is 7.62. The molecule has 0 spiro atoms. The Morgan fingerprint density at radius 2 is 1.76 bits per heavy atom. The molecule has 3 aromatic rings. The van der Waals surface area contributed by atoms with Gasteiger partial charge in [0, 0.05) is 19.0 Å². The van der Waals surface area contributed by atoms with Gasteiger partial charge in [0.05, 0.1) is 23.7 Å². The molecule has 0 radical (unpaired) electrons. The molecule has 4 nitrogen and oxygen atoms in total. The molecular weight excluding hydrogens is 358 g/mol. The summed E-state index contributed by atoms with van der Waals surface area (Å²) in [5.74, 6) is 1.77. The smallest absolute Gasteiger partial charge is 0.113 e. The maximum absolute atomic E-state index is 5.84. The van der Waals surface area contributed by atoms with Crippen molar-refractivity contribution in [3.8, 4) is 0 Å². The zero-order chi connectivity index (χ0) is 20.2. The van der Waals surface area contributed by atoms with Gasteiger partial charge in [-0.2, -0.15) is 0 Å². The van der Waals surface area contributed by atoms with Crippen molar-refractivity contribution in [2.75, 3.05) is 19.7 Å². The number of likely N-dealkylation sites (tertiary alicyclic amines) is 1. The van der Waals surface area contributed by atoms with Crippen molar-refractivity contribution in [1.29, 1.82) is 0 Å². The number of hydrogen-bond acceptors (Lipinski definition) is 3. The predicted molar refractivity (Wildman–Crippen MR) is 119 cm³/mol. The summed E-state index contributed by atoms with van der Waals surface area (Å²) in [7, 11) is 0. The van der Waals surface area contributed by atoms with Crippen molar-refractivity contribution in [2.24, 2.45) is 0 Å². The molecule has 0 aliphatic carbocycles. The quantitative estimate of drug-likeness (QED) is 0.558. The molecule has 0 N–H and O–H groups in total. The second-order valence-electron chi connectivity index (χ2n) is 8.57. The molecule has 4 heteroatoms. The Bertz CT molecular complexity index is 921. The molecule has 1 aliphatic heterocycles. The van der Waals surface area contributed by atoms with Crippen LogP contribution >= 0.6 is 0 Å². The van der Waals surface area contributed by atoms with E-state index in [2.05, 4.69) is 78.8 Å². The molecule has 0 unspecified atom stereocenters. The average molecular weight is 392 g/mol. The molecule has 0 atom stereocenters. The van der Waals surface area contributed by atoms with E-state index in [0.717, 1.165) is 38.3 Å². The molecule has 4 rings (SSSR count). The van der Waals surface area contributed by atoms with Gasteiger partial charge in [0.1, 0.15) is 5.82 Å². The Labute approximate surface area is 174 Å². The molecule has 1 aromatic heterocycles. The van der Waals surface area contributed by atoms with Gasteiger partial charge in [0.2, 0.25) is 0 Å². The Morgan fingerprint density at radius 3 is 2.48 bits per heavy atom. The fourth-order valence-electron chi connectivity index (χ4n) is 4.32. The summed E-state index contributed by atoms with van der Waals surface area (Å²) in [5, 5.41) is 0. The first-order chi connectivity index (χ1) is 14.1. The van der Waals surface area contributed by atoms with Crippen LogP contribution in [0.15, 0.2) is 48.5 Å². The first-order valence-corrected chi connectivity index (χ1v) is 10.9. The Kier molecular flexibility index (Phi) is 6.31. The van der Waals surface area contributed by atoms with Gasteiger partial charge in [0.25, 0.3) is 0 Å². The van der Waals surface area contributed by atoms with Gasteiger partial charge in [-0.3, -0.25) is 4.90 Å². The average Bonchev–Trinajstić information content (AvgIpc) is 3.09. The molecule has 1 fully saturated rings. The zero-order valence-corrected chi connectivity index (χ0v) is 18.0. The first kappa shape index (κ1) is 20.1. The Hall–Kier alpha value is -2.17. The maximum Gasteiger partial charge on any atom is 0.113 e. The highest BCUT2D eigenvalue weighted by Crippen LogP contribution is 2.31. The number of ether oxygens (including phenoxy) is 1. The summed E-state index contributed by atoms with van der Waals surface area (Å²) in [6.45, 7) is 11.2. The van der Waals surface area contributed by atoms with E-state index in [1.165, 1.54) is 35.3 Å². The van der Waals surface area contributed by atoms with Crippen LogP contribution in [0.1, 0.15) is 49.6 Å². The summed E-state index contributed by atoms with van der Waals surface area (Å²) >= 11 is 0. The fourth-order valence-corrected chi connectivity index (χ4v) is 4.32. The number of aryl methyl sites for hydroxylation is 1. The van der Waals surface area contributed by atoms with E-state index in [-0.39, 0.29) is 6.10 Å². The van der Waals surface area contributed by atoms with Crippen LogP contribution in [0.3, 0.4) is 0 Å². The predicted octanol–water partition coefficient (Wildman–Crippen LogP) is 5.15. The number of para-hydroxylation sites is 2. The third-order valence-corrected chi connectivity index (χ3v) is 5.93. The van der Waals surface area contributed by atoms with E-state index in [1.54, 1.807) is 0 Å².